The van der Waals surface area contributed by atoms with Crippen LogP contribution in [0.5, 0.6) is 0 Å². The van der Waals surface area contributed by atoms with E-state index in [1.54, 1.807) is 30.6 Å². The molecule has 1 aliphatic rings. The largest absolute Gasteiger partial charge is 0.368 e. The molecule has 0 saturated carbocycles. The summed E-state index contributed by atoms with van der Waals surface area (Å²) < 4.78 is 0. The van der Waals surface area contributed by atoms with E-state index in [0.717, 1.165) is 37.5 Å². The Morgan fingerprint density at radius 2 is 1.52 bits per heavy atom. The molecular formula is C23H21N7O. The van der Waals surface area contributed by atoms with Crippen molar-refractivity contribution < 1.29 is 4.79 Å². The molecule has 0 bridgehead atoms. The lowest BCUT2D eigenvalue weighted by Gasteiger charge is -2.36. The first kappa shape index (κ1) is 18.9. The van der Waals surface area contributed by atoms with Gasteiger partial charge in [0.05, 0.1) is 11.0 Å². The summed E-state index contributed by atoms with van der Waals surface area (Å²) in [7, 11) is 0. The topological polar surface area (TPSA) is 87.1 Å². The molecule has 31 heavy (non-hydrogen) atoms. The zero-order valence-corrected chi connectivity index (χ0v) is 16.8. The highest BCUT2D eigenvalue weighted by Crippen LogP contribution is 2.20. The average molecular weight is 411 g/mol. The Labute approximate surface area is 179 Å². The zero-order valence-electron chi connectivity index (χ0n) is 16.8. The third kappa shape index (κ3) is 4.13. The molecule has 0 spiro atoms. The number of para-hydroxylation sites is 1. The van der Waals surface area contributed by atoms with Crippen molar-refractivity contribution >= 4 is 34.3 Å². The Hall–Kier alpha value is -4.07. The number of hydrogen-bond donors (Lipinski definition) is 1. The van der Waals surface area contributed by atoms with Crippen LogP contribution in [-0.2, 0) is 0 Å². The predicted octanol–water partition coefficient (Wildman–Crippen LogP) is 3.00. The molecule has 1 N–H and O–H groups in total. The Bertz CT molecular complexity index is 1210. The van der Waals surface area contributed by atoms with Crippen LogP contribution in [0, 0.1) is 0 Å². The van der Waals surface area contributed by atoms with Gasteiger partial charge in [0, 0.05) is 55.9 Å². The first-order valence-corrected chi connectivity index (χ1v) is 10.2. The summed E-state index contributed by atoms with van der Waals surface area (Å²) in [6.07, 6.45) is 4.73. The van der Waals surface area contributed by atoms with Crippen molar-refractivity contribution in [3.8, 4) is 0 Å². The number of nitrogens with one attached hydrogen (secondary N) is 1. The van der Waals surface area contributed by atoms with Gasteiger partial charge in [-0.1, -0.05) is 18.2 Å². The highest BCUT2D eigenvalue weighted by Gasteiger charge is 2.19. The van der Waals surface area contributed by atoms with Gasteiger partial charge < -0.3 is 15.1 Å². The van der Waals surface area contributed by atoms with E-state index in [-0.39, 0.29) is 5.91 Å². The third-order valence-corrected chi connectivity index (χ3v) is 5.35. The SMILES string of the molecule is O=C(Nc1cc(N2CCN(c3ccccc3)CC2)ncn1)c1ccc2nccnc2c1. The molecule has 2 aromatic heterocycles. The highest BCUT2D eigenvalue weighted by atomic mass is 16.1. The maximum atomic E-state index is 12.7. The molecule has 3 heterocycles. The van der Waals surface area contributed by atoms with Gasteiger partial charge in [0.25, 0.3) is 5.91 Å². The Morgan fingerprint density at radius 1 is 0.774 bits per heavy atom. The first-order chi connectivity index (χ1) is 15.3. The van der Waals surface area contributed by atoms with Crippen LogP contribution in [0.1, 0.15) is 10.4 Å². The van der Waals surface area contributed by atoms with E-state index in [9.17, 15) is 4.79 Å². The van der Waals surface area contributed by atoms with Gasteiger partial charge in [0.15, 0.2) is 0 Å². The summed E-state index contributed by atoms with van der Waals surface area (Å²) >= 11 is 0. The molecule has 8 heteroatoms. The normalized spacial score (nSPS) is 13.9. The molecule has 1 saturated heterocycles. The van der Waals surface area contributed by atoms with Crippen molar-refractivity contribution in [2.45, 2.75) is 0 Å². The van der Waals surface area contributed by atoms with Crippen LogP contribution in [0.2, 0.25) is 0 Å². The van der Waals surface area contributed by atoms with Crippen LogP contribution < -0.4 is 15.1 Å². The van der Waals surface area contributed by atoms with Crippen LogP contribution >= 0.6 is 0 Å². The standard InChI is InChI=1S/C23H21N7O/c31-23(17-6-7-19-20(14-17)25-9-8-24-19)28-21-15-22(27-16-26-21)30-12-10-29(11-13-30)18-4-2-1-3-5-18/h1-9,14-16H,10-13H2,(H,26,27,28,31). The van der Waals surface area contributed by atoms with Gasteiger partial charge in [-0.05, 0) is 30.3 Å². The summed E-state index contributed by atoms with van der Waals surface area (Å²) in [5, 5.41) is 2.86. The van der Waals surface area contributed by atoms with Crippen molar-refractivity contribution in [1.82, 2.24) is 19.9 Å². The minimum absolute atomic E-state index is 0.244. The number of nitrogens with zero attached hydrogens (tertiary/aromatic N) is 6. The number of carbonyl (C=O) groups excluding carboxylic acids is 1. The Kier molecular flexibility index (Phi) is 5.10. The molecule has 1 amide bonds. The average Bonchev–Trinajstić information content (AvgIpc) is 2.84. The molecule has 1 fully saturated rings. The summed E-state index contributed by atoms with van der Waals surface area (Å²) in [5.41, 5.74) is 3.16. The number of piperazine rings is 1. The molecule has 0 atom stereocenters. The van der Waals surface area contributed by atoms with E-state index in [4.69, 9.17) is 0 Å². The molecule has 5 rings (SSSR count). The van der Waals surface area contributed by atoms with E-state index >= 15 is 0 Å². The number of carbonyl (C=O) groups is 1. The smallest absolute Gasteiger partial charge is 0.256 e. The maximum absolute atomic E-state index is 12.7. The number of fused-ring (bicyclic) bond motifs is 1. The summed E-state index contributed by atoms with van der Waals surface area (Å²) in [6.45, 7) is 3.52. The van der Waals surface area contributed by atoms with Gasteiger partial charge in [0.2, 0.25) is 0 Å². The second-order valence-electron chi connectivity index (χ2n) is 7.29. The molecular weight excluding hydrogens is 390 g/mol. The molecule has 4 aromatic rings. The Balaban J connectivity index is 1.26. The quantitative estimate of drug-likeness (QED) is 0.552. The minimum Gasteiger partial charge on any atom is -0.368 e. The number of amides is 1. The second kappa shape index (κ2) is 8.35. The monoisotopic (exact) mass is 411 g/mol. The molecule has 154 valence electrons. The Morgan fingerprint density at radius 3 is 2.32 bits per heavy atom. The van der Waals surface area contributed by atoms with Crippen molar-refractivity contribution in [3.63, 3.8) is 0 Å². The van der Waals surface area contributed by atoms with Gasteiger partial charge in [-0.3, -0.25) is 14.8 Å². The van der Waals surface area contributed by atoms with Crippen LogP contribution in [0.4, 0.5) is 17.3 Å². The third-order valence-electron chi connectivity index (χ3n) is 5.35. The highest BCUT2D eigenvalue weighted by molar-refractivity contribution is 6.05. The predicted molar refractivity (Wildman–Crippen MR) is 120 cm³/mol. The molecule has 2 aromatic carbocycles. The summed E-state index contributed by atoms with van der Waals surface area (Å²) in [4.78, 5) is 34.4. The molecule has 0 unspecified atom stereocenters. The van der Waals surface area contributed by atoms with Gasteiger partial charge in [-0.15, -0.1) is 0 Å². The van der Waals surface area contributed by atoms with E-state index in [1.807, 2.05) is 12.1 Å². The number of aromatic nitrogens is 4. The number of hydrogen-bond acceptors (Lipinski definition) is 7. The van der Waals surface area contributed by atoms with Crippen molar-refractivity contribution in [1.29, 1.82) is 0 Å². The second-order valence-corrected chi connectivity index (χ2v) is 7.29. The van der Waals surface area contributed by atoms with Crippen LogP contribution in [-0.4, -0.2) is 52.0 Å². The van der Waals surface area contributed by atoms with Crippen molar-refractivity contribution in [3.05, 3.63) is 78.9 Å². The van der Waals surface area contributed by atoms with Gasteiger partial charge >= 0.3 is 0 Å². The number of anilines is 3. The molecule has 0 radical (unpaired) electrons. The lowest BCUT2D eigenvalue weighted by atomic mass is 10.2. The lowest BCUT2D eigenvalue weighted by molar-refractivity contribution is 0.102. The summed E-state index contributed by atoms with van der Waals surface area (Å²) in [6, 6.07) is 17.5. The molecule has 1 aliphatic heterocycles. The maximum Gasteiger partial charge on any atom is 0.256 e. The van der Waals surface area contributed by atoms with Crippen LogP contribution in [0.15, 0.2) is 73.3 Å². The van der Waals surface area contributed by atoms with Crippen LogP contribution in [0.25, 0.3) is 11.0 Å². The fourth-order valence-corrected chi connectivity index (χ4v) is 3.71. The van der Waals surface area contributed by atoms with Gasteiger partial charge in [-0.25, -0.2) is 9.97 Å². The number of benzene rings is 2. The number of rotatable bonds is 4. The van der Waals surface area contributed by atoms with Crippen molar-refractivity contribution in [2.75, 3.05) is 41.3 Å². The van der Waals surface area contributed by atoms with Crippen molar-refractivity contribution in [2.24, 2.45) is 0 Å². The fourth-order valence-electron chi connectivity index (χ4n) is 3.71. The lowest BCUT2D eigenvalue weighted by Crippen LogP contribution is -2.46. The van der Waals surface area contributed by atoms with E-state index < -0.39 is 0 Å². The minimum atomic E-state index is -0.244. The van der Waals surface area contributed by atoms with E-state index in [2.05, 4.69) is 59.3 Å². The van der Waals surface area contributed by atoms with E-state index in [0.29, 0.717) is 16.9 Å². The van der Waals surface area contributed by atoms with Gasteiger partial charge in [0.1, 0.15) is 18.0 Å². The molecule has 8 nitrogen and oxygen atoms in total. The van der Waals surface area contributed by atoms with Crippen LogP contribution in [0.3, 0.4) is 0 Å². The summed E-state index contributed by atoms with van der Waals surface area (Å²) in [5.74, 6) is 1.04. The van der Waals surface area contributed by atoms with E-state index in [1.165, 1.54) is 12.0 Å². The van der Waals surface area contributed by atoms with Gasteiger partial charge in [-0.2, -0.15) is 0 Å². The first-order valence-electron chi connectivity index (χ1n) is 10.2. The molecule has 0 aliphatic carbocycles. The fraction of sp³-hybridized carbons (Fsp3) is 0.174. The zero-order chi connectivity index (χ0) is 21.0.